The summed E-state index contributed by atoms with van der Waals surface area (Å²) in [5, 5.41) is 3.18. The molecule has 0 saturated heterocycles. The maximum absolute atomic E-state index is 13.6. The topological polar surface area (TPSA) is 12.0 Å². The van der Waals surface area contributed by atoms with Crippen molar-refractivity contribution in [3.8, 4) is 0 Å². The predicted octanol–water partition coefficient (Wildman–Crippen LogP) is 4.74. The van der Waals surface area contributed by atoms with Gasteiger partial charge in [0.15, 0.2) is 0 Å². The van der Waals surface area contributed by atoms with E-state index in [9.17, 15) is 8.78 Å². The van der Waals surface area contributed by atoms with Gasteiger partial charge < -0.3 is 5.32 Å². The fourth-order valence-electron chi connectivity index (χ4n) is 1.74. The summed E-state index contributed by atoms with van der Waals surface area (Å²) >= 11 is 2.20. The Morgan fingerprint density at radius 2 is 1.83 bits per heavy atom. The van der Waals surface area contributed by atoms with Crippen LogP contribution in [0.4, 0.5) is 14.5 Å². The Kier molecular flexibility index (Phi) is 4.16. The second kappa shape index (κ2) is 5.65. The smallest absolute Gasteiger partial charge is 0.128 e. The molecule has 94 valence electrons. The van der Waals surface area contributed by atoms with Crippen LogP contribution in [0.3, 0.4) is 0 Å². The van der Waals surface area contributed by atoms with Crippen LogP contribution in [-0.2, 0) is 0 Å². The Morgan fingerprint density at radius 1 is 1.11 bits per heavy atom. The SMILES string of the molecule is CC(Nc1ccccc1I)c1cc(F)ccc1F. The first kappa shape index (κ1) is 13.3. The third-order valence-corrected chi connectivity index (χ3v) is 3.61. The van der Waals surface area contributed by atoms with Gasteiger partial charge in [0.25, 0.3) is 0 Å². The maximum Gasteiger partial charge on any atom is 0.128 e. The molecule has 2 aromatic carbocycles. The molecule has 0 bridgehead atoms. The van der Waals surface area contributed by atoms with Gasteiger partial charge in [-0.25, -0.2) is 8.78 Å². The summed E-state index contributed by atoms with van der Waals surface area (Å²) in [5.41, 5.74) is 1.24. The second-order valence-electron chi connectivity index (χ2n) is 4.01. The quantitative estimate of drug-likeness (QED) is 0.781. The van der Waals surface area contributed by atoms with Crippen molar-refractivity contribution in [3.05, 3.63) is 63.2 Å². The van der Waals surface area contributed by atoms with Crippen molar-refractivity contribution in [3.63, 3.8) is 0 Å². The highest BCUT2D eigenvalue weighted by molar-refractivity contribution is 14.1. The zero-order valence-corrected chi connectivity index (χ0v) is 11.9. The third-order valence-electron chi connectivity index (χ3n) is 2.67. The number of anilines is 1. The van der Waals surface area contributed by atoms with E-state index < -0.39 is 11.6 Å². The lowest BCUT2D eigenvalue weighted by Gasteiger charge is -2.17. The van der Waals surface area contributed by atoms with Crippen molar-refractivity contribution < 1.29 is 8.78 Å². The van der Waals surface area contributed by atoms with E-state index in [1.54, 1.807) is 6.92 Å². The molecule has 1 nitrogen and oxygen atoms in total. The van der Waals surface area contributed by atoms with Crippen LogP contribution in [0.15, 0.2) is 42.5 Å². The minimum absolute atomic E-state index is 0.295. The van der Waals surface area contributed by atoms with Crippen LogP contribution >= 0.6 is 22.6 Å². The zero-order chi connectivity index (χ0) is 13.1. The maximum atomic E-state index is 13.6. The van der Waals surface area contributed by atoms with Gasteiger partial charge in [0.05, 0.1) is 6.04 Å². The van der Waals surface area contributed by atoms with Gasteiger partial charge in [-0.1, -0.05) is 12.1 Å². The summed E-state index contributed by atoms with van der Waals surface area (Å²) in [4.78, 5) is 0. The summed E-state index contributed by atoms with van der Waals surface area (Å²) in [7, 11) is 0. The minimum Gasteiger partial charge on any atom is -0.378 e. The highest BCUT2D eigenvalue weighted by Crippen LogP contribution is 2.25. The van der Waals surface area contributed by atoms with Crippen LogP contribution in [-0.4, -0.2) is 0 Å². The van der Waals surface area contributed by atoms with Crippen LogP contribution < -0.4 is 5.32 Å². The highest BCUT2D eigenvalue weighted by atomic mass is 127. The summed E-state index contributed by atoms with van der Waals surface area (Å²) in [5.74, 6) is -0.829. The molecule has 1 atom stereocenters. The average Bonchev–Trinajstić information content (AvgIpc) is 2.35. The standard InChI is InChI=1S/C14H12F2IN/c1-9(11-8-10(15)6-7-12(11)16)18-14-5-3-2-4-13(14)17/h2-9,18H,1H3. The van der Waals surface area contributed by atoms with Crippen LogP contribution in [0.25, 0.3) is 0 Å². The lowest BCUT2D eigenvalue weighted by molar-refractivity contribution is 0.577. The number of para-hydroxylation sites is 1. The average molecular weight is 359 g/mol. The van der Waals surface area contributed by atoms with Crippen LogP contribution in [0.1, 0.15) is 18.5 Å². The summed E-state index contributed by atoms with van der Waals surface area (Å²) < 4.78 is 27.8. The van der Waals surface area contributed by atoms with Gasteiger partial charge in [-0.2, -0.15) is 0 Å². The fourth-order valence-corrected chi connectivity index (χ4v) is 2.28. The lowest BCUT2D eigenvalue weighted by atomic mass is 10.1. The van der Waals surface area contributed by atoms with Gasteiger partial charge in [-0.3, -0.25) is 0 Å². The molecule has 0 aliphatic carbocycles. The molecule has 0 fully saturated rings. The highest BCUT2D eigenvalue weighted by Gasteiger charge is 2.12. The van der Waals surface area contributed by atoms with Gasteiger partial charge in [-0.15, -0.1) is 0 Å². The van der Waals surface area contributed by atoms with E-state index in [-0.39, 0.29) is 6.04 Å². The summed E-state index contributed by atoms with van der Waals surface area (Å²) in [6.07, 6.45) is 0. The number of benzene rings is 2. The molecule has 2 rings (SSSR count). The summed E-state index contributed by atoms with van der Waals surface area (Å²) in [6.45, 7) is 1.81. The Bertz CT molecular complexity index is 557. The first-order valence-electron chi connectivity index (χ1n) is 5.54. The predicted molar refractivity (Wildman–Crippen MR) is 77.6 cm³/mol. The normalized spacial score (nSPS) is 12.2. The third kappa shape index (κ3) is 2.98. The molecule has 2 aromatic rings. The van der Waals surface area contributed by atoms with Crippen LogP contribution in [0.5, 0.6) is 0 Å². The van der Waals surface area contributed by atoms with E-state index in [0.29, 0.717) is 5.56 Å². The Hall–Kier alpha value is -1.17. The number of hydrogen-bond acceptors (Lipinski definition) is 1. The molecule has 0 spiro atoms. The molecule has 0 aliphatic rings. The Labute approximate surface area is 118 Å². The van der Waals surface area contributed by atoms with Crippen molar-refractivity contribution in [1.82, 2.24) is 0 Å². The molecule has 0 amide bonds. The Balaban J connectivity index is 2.25. The number of nitrogens with one attached hydrogen (secondary N) is 1. The zero-order valence-electron chi connectivity index (χ0n) is 9.75. The molecule has 0 radical (unpaired) electrons. The molecule has 1 unspecified atom stereocenters. The fraction of sp³-hybridized carbons (Fsp3) is 0.143. The van der Waals surface area contributed by atoms with E-state index in [2.05, 4.69) is 27.9 Å². The second-order valence-corrected chi connectivity index (χ2v) is 5.17. The molecule has 0 aromatic heterocycles. The molecular formula is C14H12F2IN. The van der Waals surface area contributed by atoms with Gasteiger partial charge in [-0.05, 0) is 59.8 Å². The van der Waals surface area contributed by atoms with Crippen LogP contribution in [0, 0.1) is 15.2 Å². The molecule has 0 heterocycles. The van der Waals surface area contributed by atoms with E-state index in [0.717, 1.165) is 21.4 Å². The number of rotatable bonds is 3. The van der Waals surface area contributed by atoms with Crippen molar-refractivity contribution >= 4 is 28.3 Å². The van der Waals surface area contributed by atoms with E-state index in [1.807, 2.05) is 24.3 Å². The molecule has 1 N–H and O–H groups in total. The van der Waals surface area contributed by atoms with Crippen LogP contribution in [0.2, 0.25) is 0 Å². The van der Waals surface area contributed by atoms with E-state index in [1.165, 1.54) is 6.07 Å². The van der Waals surface area contributed by atoms with Gasteiger partial charge >= 0.3 is 0 Å². The largest absolute Gasteiger partial charge is 0.378 e. The van der Waals surface area contributed by atoms with Gasteiger partial charge in [0, 0.05) is 14.8 Å². The number of hydrogen-bond donors (Lipinski definition) is 1. The Morgan fingerprint density at radius 3 is 2.56 bits per heavy atom. The van der Waals surface area contributed by atoms with Crippen molar-refractivity contribution in [2.45, 2.75) is 13.0 Å². The number of halogens is 3. The minimum atomic E-state index is -0.428. The first-order chi connectivity index (χ1) is 8.58. The van der Waals surface area contributed by atoms with Gasteiger partial charge in [0.1, 0.15) is 11.6 Å². The summed E-state index contributed by atoms with van der Waals surface area (Å²) in [6, 6.07) is 10.9. The molecular weight excluding hydrogens is 347 g/mol. The molecule has 0 aliphatic heterocycles. The first-order valence-corrected chi connectivity index (χ1v) is 6.62. The van der Waals surface area contributed by atoms with Gasteiger partial charge in [0.2, 0.25) is 0 Å². The van der Waals surface area contributed by atoms with E-state index >= 15 is 0 Å². The van der Waals surface area contributed by atoms with E-state index in [4.69, 9.17) is 0 Å². The lowest BCUT2D eigenvalue weighted by Crippen LogP contribution is -2.09. The molecule has 4 heteroatoms. The van der Waals surface area contributed by atoms with Crippen molar-refractivity contribution in [2.75, 3.05) is 5.32 Å². The molecule has 18 heavy (non-hydrogen) atoms. The van der Waals surface area contributed by atoms with Crippen molar-refractivity contribution in [1.29, 1.82) is 0 Å². The molecule has 0 saturated carbocycles. The monoisotopic (exact) mass is 359 g/mol. The van der Waals surface area contributed by atoms with Crippen molar-refractivity contribution in [2.24, 2.45) is 0 Å².